The molecule has 1 aliphatic rings. The SMILES string of the molecule is CCOc1cc2ncnc(Nc3cccc(CC)c3)c2cc1NC(=O)C=C1CCN(C)CC1. The summed E-state index contributed by atoms with van der Waals surface area (Å²) in [4.78, 5) is 24.0. The summed E-state index contributed by atoms with van der Waals surface area (Å²) in [7, 11) is 2.10. The van der Waals surface area contributed by atoms with Gasteiger partial charge in [0.2, 0.25) is 5.91 Å². The highest BCUT2D eigenvalue weighted by molar-refractivity contribution is 6.04. The maximum absolute atomic E-state index is 12.8. The second kappa shape index (κ2) is 10.4. The van der Waals surface area contributed by atoms with E-state index < -0.39 is 0 Å². The molecule has 0 radical (unpaired) electrons. The number of piperidine rings is 1. The Morgan fingerprint density at radius 3 is 2.73 bits per heavy atom. The van der Waals surface area contributed by atoms with E-state index in [2.05, 4.69) is 51.6 Å². The summed E-state index contributed by atoms with van der Waals surface area (Å²) in [5.41, 5.74) is 4.73. The molecule has 7 heteroatoms. The van der Waals surface area contributed by atoms with Gasteiger partial charge in [-0.1, -0.05) is 24.6 Å². The van der Waals surface area contributed by atoms with E-state index in [-0.39, 0.29) is 5.91 Å². The molecule has 7 nitrogen and oxygen atoms in total. The fourth-order valence-corrected chi connectivity index (χ4v) is 3.97. The van der Waals surface area contributed by atoms with Crippen molar-refractivity contribution in [3.8, 4) is 5.75 Å². The van der Waals surface area contributed by atoms with Crippen LogP contribution < -0.4 is 15.4 Å². The van der Waals surface area contributed by atoms with Crippen LogP contribution in [0.1, 0.15) is 32.3 Å². The molecule has 172 valence electrons. The molecule has 2 N–H and O–H groups in total. The van der Waals surface area contributed by atoms with E-state index in [9.17, 15) is 4.79 Å². The molecule has 0 atom stereocenters. The molecule has 1 aromatic heterocycles. The van der Waals surface area contributed by atoms with E-state index in [0.717, 1.165) is 48.9 Å². The van der Waals surface area contributed by atoms with Crippen LogP contribution in [0.25, 0.3) is 10.9 Å². The zero-order valence-electron chi connectivity index (χ0n) is 19.5. The van der Waals surface area contributed by atoms with Crippen molar-refractivity contribution in [2.75, 3.05) is 37.4 Å². The van der Waals surface area contributed by atoms with Crippen LogP contribution in [0.15, 0.2) is 54.4 Å². The topological polar surface area (TPSA) is 79.4 Å². The number of rotatable bonds is 7. The Balaban J connectivity index is 1.64. The number of ether oxygens (including phenoxy) is 1. The van der Waals surface area contributed by atoms with Gasteiger partial charge in [0.15, 0.2) is 0 Å². The second-order valence-corrected chi connectivity index (χ2v) is 8.29. The number of benzene rings is 2. The molecule has 0 aliphatic carbocycles. The van der Waals surface area contributed by atoms with Crippen molar-refractivity contribution in [3.63, 3.8) is 0 Å². The van der Waals surface area contributed by atoms with Crippen molar-refractivity contribution in [1.29, 1.82) is 0 Å². The van der Waals surface area contributed by atoms with E-state index in [0.29, 0.717) is 23.9 Å². The van der Waals surface area contributed by atoms with E-state index in [1.165, 1.54) is 17.5 Å². The summed E-state index contributed by atoms with van der Waals surface area (Å²) < 4.78 is 5.82. The molecule has 2 heterocycles. The largest absolute Gasteiger partial charge is 0.492 e. The Hall–Kier alpha value is -3.45. The van der Waals surface area contributed by atoms with Crippen molar-refractivity contribution >= 4 is 34.0 Å². The first-order valence-electron chi connectivity index (χ1n) is 11.5. The third-order valence-electron chi connectivity index (χ3n) is 5.86. The number of carbonyl (C=O) groups excluding carboxylic acids is 1. The summed E-state index contributed by atoms with van der Waals surface area (Å²) in [5, 5.41) is 7.23. The summed E-state index contributed by atoms with van der Waals surface area (Å²) in [6, 6.07) is 12.0. The maximum atomic E-state index is 12.8. The minimum absolute atomic E-state index is 0.142. The standard InChI is InChI=1S/C26H31N5O2/c1-4-18-7-6-8-20(13-18)29-26-21-15-23(24(33-5-2)16-22(21)27-17-28-26)30-25(32)14-19-9-11-31(3)12-10-19/h6-8,13-17H,4-5,9-12H2,1-3H3,(H,30,32)(H,27,28,29). The fourth-order valence-electron chi connectivity index (χ4n) is 3.97. The van der Waals surface area contributed by atoms with Gasteiger partial charge < -0.3 is 20.3 Å². The predicted octanol–water partition coefficient (Wildman–Crippen LogP) is 4.93. The molecule has 1 saturated heterocycles. The van der Waals surface area contributed by atoms with Crippen LogP contribution >= 0.6 is 0 Å². The van der Waals surface area contributed by atoms with Gasteiger partial charge in [-0.15, -0.1) is 0 Å². The molecule has 0 bridgehead atoms. The van der Waals surface area contributed by atoms with Gasteiger partial charge in [-0.25, -0.2) is 9.97 Å². The van der Waals surface area contributed by atoms with Crippen LogP contribution in [0.4, 0.5) is 17.2 Å². The molecular weight excluding hydrogens is 414 g/mol. The van der Waals surface area contributed by atoms with Gasteiger partial charge in [-0.3, -0.25) is 4.79 Å². The Labute approximate surface area is 194 Å². The van der Waals surface area contributed by atoms with Crippen molar-refractivity contribution in [2.45, 2.75) is 33.1 Å². The van der Waals surface area contributed by atoms with E-state index >= 15 is 0 Å². The van der Waals surface area contributed by atoms with E-state index in [1.54, 1.807) is 6.08 Å². The first-order chi connectivity index (χ1) is 16.1. The van der Waals surface area contributed by atoms with Gasteiger partial charge >= 0.3 is 0 Å². The highest BCUT2D eigenvalue weighted by Gasteiger charge is 2.15. The number of nitrogens with one attached hydrogen (secondary N) is 2. The molecule has 2 aromatic carbocycles. The lowest BCUT2D eigenvalue weighted by Gasteiger charge is -2.23. The van der Waals surface area contributed by atoms with Gasteiger partial charge in [0.25, 0.3) is 0 Å². The lowest BCUT2D eigenvalue weighted by Crippen LogP contribution is -2.27. The number of aromatic nitrogens is 2. The number of aryl methyl sites for hydroxylation is 1. The smallest absolute Gasteiger partial charge is 0.248 e. The van der Waals surface area contributed by atoms with Gasteiger partial charge in [-0.05, 0) is 57.0 Å². The number of fused-ring (bicyclic) bond motifs is 1. The number of hydrogen-bond donors (Lipinski definition) is 2. The molecule has 0 spiro atoms. The first-order valence-corrected chi connectivity index (χ1v) is 11.5. The van der Waals surface area contributed by atoms with E-state index in [4.69, 9.17) is 4.74 Å². The molecule has 1 fully saturated rings. The molecule has 4 rings (SSSR count). The van der Waals surface area contributed by atoms with Gasteiger partial charge in [0.1, 0.15) is 17.9 Å². The average molecular weight is 446 g/mol. The van der Waals surface area contributed by atoms with Gasteiger partial charge in [0.05, 0.1) is 17.8 Å². The number of anilines is 3. The molecule has 3 aromatic rings. The first kappa shape index (κ1) is 22.7. The van der Waals surface area contributed by atoms with Gasteiger partial charge in [-0.2, -0.15) is 0 Å². The van der Waals surface area contributed by atoms with Crippen molar-refractivity contribution in [3.05, 3.63) is 59.9 Å². The highest BCUT2D eigenvalue weighted by atomic mass is 16.5. The summed E-state index contributed by atoms with van der Waals surface area (Å²) >= 11 is 0. The monoisotopic (exact) mass is 445 g/mol. The molecule has 1 aliphatic heterocycles. The predicted molar refractivity (Wildman–Crippen MR) is 133 cm³/mol. The van der Waals surface area contributed by atoms with Crippen LogP contribution in [-0.4, -0.2) is 47.5 Å². The zero-order chi connectivity index (χ0) is 23.2. The Bertz CT molecular complexity index is 1160. The molecule has 1 amide bonds. The summed E-state index contributed by atoms with van der Waals surface area (Å²) in [6.07, 6.45) is 6.05. The minimum Gasteiger partial charge on any atom is -0.492 e. The van der Waals surface area contributed by atoms with Gasteiger partial charge in [0, 0.05) is 36.3 Å². The van der Waals surface area contributed by atoms with Crippen LogP contribution in [-0.2, 0) is 11.2 Å². The summed E-state index contributed by atoms with van der Waals surface area (Å²) in [6.45, 7) is 6.49. The highest BCUT2D eigenvalue weighted by Crippen LogP contribution is 2.33. The van der Waals surface area contributed by atoms with Crippen LogP contribution in [0.2, 0.25) is 0 Å². The third-order valence-corrected chi connectivity index (χ3v) is 5.86. The fraction of sp³-hybridized carbons (Fsp3) is 0.346. The number of amides is 1. The second-order valence-electron chi connectivity index (χ2n) is 8.29. The van der Waals surface area contributed by atoms with Crippen LogP contribution in [0, 0.1) is 0 Å². The third kappa shape index (κ3) is 5.68. The quantitative estimate of drug-likeness (QED) is 0.502. The molecule has 33 heavy (non-hydrogen) atoms. The lowest BCUT2D eigenvalue weighted by molar-refractivity contribution is -0.112. The zero-order valence-corrected chi connectivity index (χ0v) is 19.5. The number of nitrogens with zero attached hydrogens (tertiary/aromatic N) is 3. The Kier molecular flexibility index (Phi) is 7.19. The lowest BCUT2D eigenvalue weighted by atomic mass is 10.0. The van der Waals surface area contributed by atoms with Crippen LogP contribution in [0.5, 0.6) is 5.75 Å². The number of hydrogen-bond acceptors (Lipinski definition) is 6. The maximum Gasteiger partial charge on any atom is 0.248 e. The van der Waals surface area contributed by atoms with Crippen LogP contribution in [0.3, 0.4) is 0 Å². The van der Waals surface area contributed by atoms with Crippen molar-refractivity contribution in [2.24, 2.45) is 0 Å². The van der Waals surface area contributed by atoms with E-state index in [1.807, 2.05) is 31.2 Å². The minimum atomic E-state index is -0.142. The summed E-state index contributed by atoms with van der Waals surface area (Å²) in [5.74, 6) is 1.13. The number of carbonyl (C=O) groups is 1. The Morgan fingerprint density at radius 1 is 1.15 bits per heavy atom. The number of likely N-dealkylation sites (tertiary alicyclic amines) is 1. The molecule has 0 saturated carbocycles. The van der Waals surface area contributed by atoms with Crippen molar-refractivity contribution < 1.29 is 9.53 Å². The normalized spacial score (nSPS) is 14.2. The van der Waals surface area contributed by atoms with Crippen molar-refractivity contribution in [1.82, 2.24) is 14.9 Å². The molecular formula is C26H31N5O2. The molecule has 0 unspecified atom stereocenters. The average Bonchev–Trinajstić information content (AvgIpc) is 2.81. The Morgan fingerprint density at radius 2 is 1.97 bits per heavy atom.